The van der Waals surface area contributed by atoms with E-state index in [1.54, 1.807) is 12.4 Å². The molecule has 4 unspecified atom stereocenters. The van der Waals surface area contributed by atoms with E-state index in [1.165, 1.54) is 11.1 Å². The minimum Gasteiger partial charge on any atom is -0.382 e. The van der Waals surface area contributed by atoms with E-state index >= 15 is 0 Å². The molecule has 2 aliphatic carbocycles. The number of carbonyl (C=O) groups excluding carboxylic acids is 4. The second-order valence-corrected chi connectivity index (χ2v) is 17.8. The number of aromatic nitrogens is 2. The third-order valence-electron chi connectivity index (χ3n) is 12.2. The number of pyridine rings is 2. The quantitative estimate of drug-likeness (QED) is 0.127. The summed E-state index contributed by atoms with van der Waals surface area (Å²) in [7, 11) is 0. The van der Waals surface area contributed by atoms with E-state index in [9.17, 15) is 19.2 Å². The number of hydrogen-bond acceptors (Lipinski definition) is 10. The van der Waals surface area contributed by atoms with Gasteiger partial charge in [0.05, 0.1) is 11.1 Å². The molecule has 8 rings (SSSR count). The van der Waals surface area contributed by atoms with Crippen molar-refractivity contribution in [2.45, 2.75) is 44.9 Å². The molecule has 4 fully saturated rings. The van der Waals surface area contributed by atoms with Gasteiger partial charge in [0, 0.05) is 109 Å². The summed E-state index contributed by atoms with van der Waals surface area (Å²) in [5.41, 5.74) is 3.68. The molecule has 0 radical (unpaired) electrons. The fraction of sp³-hybridized carbons (Fsp3) is 0.469. The van der Waals surface area contributed by atoms with Crippen LogP contribution in [0.5, 0.6) is 0 Å². The molecule has 2 aromatic carbocycles. The number of benzene rings is 2. The van der Waals surface area contributed by atoms with E-state index in [1.807, 2.05) is 89.1 Å². The fourth-order valence-corrected chi connectivity index (χ4v) is 8.91. The highest BCUT2D eigenvalue weighted by Gasteiger charge is 2.47. The first-order chi connectivity index (χ1) is 30.8. The van der Waals surface area contributed by atoms with Gasteiger partial charge in [-0.15, -0.1) is 0 Å². The van der Waals surface area contributed by atoms with E-state index in [4.69, 9.17) is 4.74 Å². The minimum absolute atomic E-state index is 0.0800. The van der Waals surface area contributed by atoms with E-state index in [-0.39, 0.29) is 35.5 Å². The molecule has 2 aliphatic heterocycles. The van der Waals surface area contributed by atoms with Gasteiger partial charge in [0.25, 0.3) is 11.8 Å². The Kier molecular flexibility index (Phi) is 16.5. The second-order valence-electron chi connectivity index (χ2n) is 16.4. The third-order valence-corrected chi connectivity index (χ3v) is 13.1. The molecule has 4 aromatic rings. The predicted octanol–water partition coefficient (Wildman–Crippen LogP) is 5.71. The van der Waals surface area contributed by atoms with Crippen molar-refractivity contribution in [2.75, 3.05) is 100.0 Å². The molecule has 2 aromatic heterocycles. The molecule has 0 spiro atoms. The SMILES string of the molecule is CCOCCCNC(=O)c1ccc(N2CCN(C(=O)C3CC3c3ccccc3)CC2)nc1.CCSCCNC(=O)c1ccc(N2CCN(C(=O)C3CC3c3ccccc3)CC2)nc1. The first kappa shape index (κ1) is 45.6. The normalized spacial score (nSPS) is 20.3. The lowest BCUT2D eigenvalue weighted by Crippen LogP contribution is -2.49. The van der Waals surface area contributed by atoms with Crippen molar-refractivity contribution < 1.29 is 23.9 Å². The Balaban J connectivity index is 0.000000189. The van der Waals surface area contributed by atoms with Gasteiger partial charge in [-0.3, -0.25) is 19.2 Å². The smallest absolute Gasteiger partial charge is 0.252 e. The number of hydrogen-bond donors (Lipinski definition) is 2. The van der Waals surface area contributed by atoms with Crippen molar-refractivity contribution in [2.24, 2.45) is 11.8 Å². The molecule has 14 heteroatoms. The van der Waals surface area contributed by atoms with Crippen LogP contribution in [0.15, 0.2) is 97.3 Å². The lowest BCUT2D eigenvalue weighted by Gasteiger charge is -2.35. The van der Waals surface area contributed by atoms with Gasteiger partial charge in [0.2, 0.25) is 11.8 Å². The number of nitrogens with zero attached hydrogens (tertiary/aromatic N) is 6. The van der Waals surface area contributed by atoms with Crippen LogP contribution >= 0.6 is 11.8 Å². The van der Waals surface area contributed by atoms with Crippen LogP contribution < -0.4 is 20.4 Å². The van der Waals surface area contributed by atoms with Crippen LogP contribution in [0.25, 0.3) is 0 Å². The number of rotatable bonds is 17. The number of carbonyl (C=O) groups is 4. The van der Waals surface area contributed by atoms with Crippen molar-refractivity contribution in [3.05, 3.63) is 120 Å². The highest BCUT2D eigenvalue weighted by Crippen LogP contribution is 2.49. The first-order valence-electron chi connectivity index (χ1n) is 22.7. The molecular formula is C49H62N8O5S. The van der Waals surface area contributed by atoms with Gasteiger partial charge in [-0.25, -0.2) is 9.97 Å². The van der Waals surface area contributed by atoms with Gasteiger partial charge in [-0.05, 0) is 79.2 Å². The Morgan fingerprint density at radius 1 is 0.619 bits per heavy atom. The Labute approximate surface area is 376 Å². The Bertz CT molecular complexity index is 2080. The number of nitrogens with one attached hydrogen (secondary N) is 2. The number of amides is 4. The van der Waals surface area contributed by atoms with Gasteiger partial charge in [0.1, 0.15) is 11.6 Å². The summed E-state index contributed by atoms with van der Waals surface area (Å²) in [6.45, 7) is 12.6. The number of anilines is 2. The largest absolute Gasteiger partial charge is 0.382 e. The van der Waals surface area contributed by atoms with Crippen molar-refractivity contribution in [3.8, 4) is 0 Å². The molecule has 4 amide bonds. The molecule has 2 saturated carbocycles. The maximum Gasteiger partial charge on any atom is 0.252 e. The molecule has 4 heterocycles. The van der Waals surface area contributed by atoms with Crippen LogP contribution in [0.2, 0.25) is 0 Å². The molecule has 0 bridgehead atoms. The average Bonchev–Trinajstić information content (AvgIpc) is 4.29. The molecule has 2 N–H and O–H groups in total. The van der Waals surface area contributed by atoms with Crippen LogP contribution in [0.1, 0.15) is 76.8 Å². The lowest BCUT2D eigenvalue weighted by atomic mass is 10.1. The van der Waals surface area contributed by atoms with Crippen molar-refractivity contribution >= 4 is 47.0 Å². The van der Waals surface area contributed by atoms with Crippen molar-refractivity contribution in [1.29, 1.82) is 0 Å². The summed E-state index contributed by atoms with van der Waals surface area (Å²) in [5, 5.41) is 5.82. The first-order valence-corrected chi connectivity index (χ1v) is 23.8. The van der Waals surface area contributed by atoms with Gasteiger partial charge in [-0.1, -0.05) is 67.6 Å². The zero-order chi connectivity index (χ0) is 44.0. The van der Waals surface area contributed by atoms with Crippen molar-refractivity contribution in [3.63, 3.8) is 0 Å². The fourth-order valence-electron chi connectivity index (χ4n) is 8.37. The van der Waals surface area contributed by atoms with Gasteiger partial charge < -0.3 is 35.0 Å². The molecule has 13 nitrogen and oxygen atoms in total. The number of piperazine rings is 2. The summed E-state index contributed by atoms with van der Waals surface area (Å²) in [6, 6.07) is 28.1. The molecule has 63 heavy (non-hydrogen) atoms. The molecule has 4 aliphatic rings. The van der Waals surface area contributed by atoms with E-state index < -0.39 is 0 Å². The highest BCUT2D eigenvalue weighted by atomic mass is 32.2. The molecule has 4 atom stereocenters. The predicted molar refractivity (Wildman–Crippen MR) is 249 cm³/mol. The van der Waals surface area contributed by atoms with Crippen molar-refractivity contribution in [1.82, 2.24) is 30.4 Å². The van der Waals surface area contributed by atoms with Gasteiger partial charge >= 0.3 is 0 Å². The molecule has 2 saturated heterocycles. The maximum atomic E-state index is 12.9. The summed E-state index contributed by atoms with van der Waals surface area (Å²) < 4.78 is 5.27. The van der Waals surface area contributed by atoms with E-state index in [0.29, 0.717) is 62.4 Å². The minimum atomic E-state index is -0.117. The van der Waals surface area contributed by atoms with Crippen LogP contribution in [0.3, 0.4) is 0 Å². The Hall–Kier alpha value is -5.47. The van der Waals surface area contributed by atoms with Gasteiger partial charge in [0.15, 0.2) is 0 Å². The Morgan fingerprint density at radius 2 is 1.08 bits per heavy atom. The second kappa shape index (κ2) is 22.8. The van der Waals surface area contributed by atoms with Crippen LogP contribution in [0.4, 0.5) is 11.6 Å². The number of ether oxygens (including phenoxy) is 1. The summed E-state index contributed by atoms with van der Waals surface area (Å²) in [5.74, 6) is 5.08. The Morgan fingerprint density at radius 3 is 1.49 bits per heavy atom. The topological polar surface area (TPSA) is 140 Å². The zero-order valence-corrected chi connectivity index (χ0v) is 37.5. The average molecular weight is 875 g/mol. The molecular weight excluding hydrogens is 813 g/mol. The monoisotopic (exact) mass is 874 g/mol. The molecule has 334 valence electrons. The zero-order valence-electron chi connectivity index (χ0n) is 36.7. The summed E-state index contributed by atoms with van der Waals surface area (Å²) in [4.78, 5) is 67.5. The summed E-state index contributed by atoms with van der Waals surface area (Å²) in [6.07, 6.45) is 5.98. The van der Waals surface area contributed by atoms with Crippen LogP contribution in [0, 0.1) is 11.8 Å². The third kappa shape index (κ3) is 12.6. The van der Waals surface area contributed by atoms with E-state index in [2.05, 4.69) is 61.6 Å². The highest BCUT2D eigenvalue weighted by molar-refractivity contribution is 7.99. The van der Waals surface area contributed by atoms with Crippen LogP contribution in [-0.4, -0.2) is 134 Å². The standard InChI is InChI=1S/C25H32N4O3.C24H30N4O2S/c1-2-32-16-6-11-26-24(30)20-9-10-23(27-18-20)28-12-14-29(15-13-28)25(31)22-17-21(22)19-7-4-3-5-8-19;1-2-31-15-10-25-23(29)19-8-9-22(26-17-19)27-11-13-28(14-12-27)24(30)21-16-20(21)18-6-4-3-5-7-18/h3-5,7-10,18,21-22H,2,6,11-17H2,1H3,(H,26,30);3-9,17,20-21H,2,10-16H2,1H3,(H,25,29). The summed E-state index contributed by atoms with van der Waals surface area (Å²) >= 11 is 1.81. The maximum absolute atomic E-state index is 12.9. The lowest BCUT2D eigenvalue weighted by molar-refractivity contribution is -0.133. The van der Waals surface area contributed by atoms with Crippen LogP contribution in [-0.2, 0) is 14.3 Å². The van der Waals surface area contributed by atoms with E-state index in [0.717, 1.165) is 81.7 Å². The number of thioether (sulfide) groups is 1. The van der Waals surface area contributed by atoms with Gasteiger partial charge in [-0.2, -0.15) is 11.8 Å².